The number of benzene rings is 1. The molecule has 1 aromatic carbocycles. The Morgan fingerprint density at radius 2 is 2.24 bits per heavy atom. The van der Waals surface area contributed by atoms with E-state index in [9.17, 15) is 4.79 Å². The van der Waals surface area contributed by atoms with Crippen molar-refractivity contribution in [2.24, 2.45) is 5.92 Å². The second kappa shape index (κ2) is 5.14. The molecular formula is C12H12N2O2S. The number of carboxylic acids is 1. The Labute approximate surface area is 103 Å². The van der Waals surface area contributed by atoms with Gasteiger partial charge in [-0.15, -0.1) is 11.8 Å². The molecule has 0 aliphatic rings. The van der Waals surface area contributed by atoms with E-state index in [1.54, 1.807) is 13.1 Å². The first-order valence-electron chi connectivity index (χ1n) is 5.24. The first-order valence-corrected chi connectivity index (χ1v) is 6.23. The van der Waals surface area contributed by atoms with Gasteiger partial charge in [0, 0.05) is 16.0 Å². The van der Waals surface area contributed by atoms with E-state index in [-0.39, 0.29) is 5.92 Å². The number of hydrogen-bond donors (Lipinski definition) is 1. The minimum Gasteiger partial charge on any atom is -0.481 e. The summed E-state index contributed by atoms with van der Waals surface area (Å²) < 4.78 is 0. The summed E-state index contributed by atoms with van der Waals surface area (Å²) in [5, 5.41) is 17.8. The predicted octanol–water partition coefficient (Wildman–Crippen LogP) is 2.44. The maximum atomic E-state index is 10.7. The summed E-state index contributed by atoms with van der Waals surface area (Å²) in [5.41, 5.74) is 0.834. The Morgan fingerprint density at radius 3 is 3.00 bits per heavy atom. The lowest BCUT2D eigenvalue weighted by molar-refractivity contribution is -0.140. The van der Waals surface area contributed by atoms with Gasteiger partial charge in [0.1, 0.15) is 0 Å². The monoisotopic (exact) mass is 248 g/mol. The standard InChI is InChI=1S/C12H12N2O2S/c1-8(12(15)16)7-17-11-6-13-14-10-5-3-2-4-9(10)11/h2-6,8H,7H2,1H3,(H,15,16). The highest BCUT2D eigenvalue weighted by molar-refractivity contribution is 7.99. The van der Waals surface area contributed by atoms with Gasteiger partial charge in [-0.05, 0) is 6.07 Å². The second-order valence-electron chi connectivity index (χ2n) is 3.78. The molecule has 88 valence electrons. The molecule has 2 rings (SSSR count). The van der Waals surface area contributed by atoms with Crippen molar-refractivity contribution >= 4 is 28.6 Å². The van der Waals surface area contributed by atoms with Crippen molar-refractivity contribution in [1.29, 1.82) is 0 Å². The molecule has 5 heteroatoms. The van der Waals surface area contributed by atoms with Gasteiger partial charge in [-0.2, -0.15) is 10.2 Å². The van der Waals surface area contributed by atoms with Gasteiger partial charge in [-0.25, -0.2) is 0 Å². The normalized spacial score (nSPS) is 12.5. The molecule has 0 amide bonds. The Hall–Kier alpha value is -1.62. The van der Waals surface area contributed by atoms with Crippen LogP contribution in [0.15, 0.2) is 35.4 Å². The van der Waals surface area contributed by atoms with Gasteiger partial charge in [-0.3, -0.25) is 4.79 Å². The molecule has 1 unspecified atom stereocenters. The molecule has 0 radical (unpaired) electrons. The molecule has 0 saturated heterocycles. The fourth-order valence-electron chi connectivity index (χ4n) is 1.38. The van der Waals surface area contributed by atoms with Gasteiger partial charge in [0.05, 0.1) is 17.6 Å². The van der Waals surface area contributed by atoms with Crippen molar-refractivity contribution in [3.63, 3.8) is 0 Å². The van der Waals surface area contributed by atoms with Gasteiger partial charge in [0.25, 0.3) is 0 Å². The van der Waals surface area contributed by atoms with Crippen molar-refractivity contribution in [2.75, 3.05) is 5.75 Å². The van der Waals surface area contributed by atoms with E-state index in [0.29, 0.717) is 5.75 Å². The van der Waals surface area contributed by atoms with Gasteiger partial charge in [0.2, 0.25) is 0 Å². The highest BCUT2D eigenvalue weighted by Gasteiger charge is 2.12. The van der Waals surface area contributed by atoms with Gasteiger partial charge in [0.15, 0.2) is 0 Å². The maximum Gasteiger partial charge on any atom is 0.307 e. The van der Waals surface area contributed by atoms with Crippen LogP contribution in [-0.4, -0.2) is 27.0 Å². The zero-order valence-corrected chi connectivity index (χ0v) is 10.1. The third kappa shape index (κ3) is 2.74. The lowest BCUT2D eigenvalue weighted by Crippen LogP contribution is -2.11. The summed E-state index contributed by atoms with van der Waals surface area (Å²) in [4.78, 5) is 11.7. The third-order valence-electron chi connectivity index (χ3n) is 2.42. The van der Waals surface area contributed by atoms with Gasteiger partial charge < -0.3 is 5.11 Å². The summed E-state index contributed by atoms with van der Waals surface area (Å²) >= 11 is 1.50. The third-order valence-corrected chi connectivity index (χ3v) is 3.72. The quantitative estimate of drug-likeness (QED) is 0.842. The number of aliphatic carboxylic acids is 1. The smallest absolute Gasteiger partial charge is 0.307 e. The highest BCUT2D eigenvalue weighted by atomic mass is 32.2. The van der Waals surface area contributed by atoms with Crippen LogP contribution in [0.2, 0.25) is 0 Å². The molecule has 0 aliphatic heterocycles. The van der Waals surface area contributed by atoms with Gasteiger partial charge >= 0.3 is 5.97 Å². The number of aromatic nitrogens is 2. The summed E-state index contributed by atoms with van der Waals surface area (Å²) in [6, 6.07) is 7.71. The van der Waals surface area contributed by atoms with Crippen molar-refractivity contribution in [2.45, 2.75) is 11.8 Å². The number of carbonyl (C=O) groups is 1. The molecule has 2 aromatic rings. The van der Waals surface area contributed by atoms with E-state index in [0.717, 1.165) is 15.8 Å². The second-order valence-corrected chi connectivity index (χ2v) is 4.84. The average Bonchev–Trinajstić information content (AvgIpc) is 2.35. The molecular weight excluding hydrogens is 236 g/mol. The van der Waals surface area contributed by atoms with Crippen LogP contribution in [0.3, 0.4) is 0 Å². The van der Waals surface area contributed by atoms with E-state index < -0.39 is 5.97 Å². The number of rotatable bonds is 4. The van der Waals surface area contributed by atoms with Crippen LogP contribution >= 0.6 is 11.8 Å². The van der Waals surface area contributed by atoms with Gasteiger partial charge in [-0.1, -0.05) is 25.1 Å². The molecule has 17 heavy (non-hydrogen) atoms. The topological polar surface area (TPSA) is 63.1 Å². The molecule has 0 fully saturated rings. The van der Waals surface area contributed by atoms with E-state index in [4.69, 9.17) is 5.11 Å². The maximum absolute atomic E-state index is 10.7. The van der Waals surface area contributed by atoms with E-state index in [1.165, 1.54) is 11.8 Å². The molecule has 4 nitrogen and oxygen atoms in total. The molecule has 1 aromatic heterocycles. The van der Waals surface area contributed by atoms with Crippen molar-refractivity contribution in [3.8, 4) is 0 Å². The predicted molar refractivity (Wildman–Crippen MR) is 67.1 cm³/mol. The molecule has 0 bridgehead atoms. The lowest BCUT2D eigenvalue weighted by atomic mass is 10.2. The van der Waals surface area contributed by atoms with Crippen LogP contribution in [0.1, 0.15) is 6.92 Å². The zero-order valence-electron chi connectivity index (χ0n) is 9.33. The van der Waals surface area contributed by atoms with E-state index >= 15 is 0 Å². The number of hydrogen-bond acceptors (Lipinski definition) is 4. The van der Waals surface area contributed by atoms with E-state index in [2.05, 4.69) is 10.2 Å². The molecule has 0 spiro atoms. The lowest BCUT2D eigenvalue weighted by Gasteiger charge is -2.07. The number of nitrogens with zero attached hydrogens (tertiary/aromatic N) is 2. The first kappa shape index (κ1) is 11.9. The minimum absolute atomic E-state index is 0.369. The summed E-state index contributed by atoms with van der Waals surface area (Å²) in [6.45, 7) is 1.70. The zero-order chi connectivity index (χ0) is 12.3. The average molecular weight is 248 g/mol. The van der Waals surface area contributed by atoms with Crippen LogP contribution < -0.4 is 0 Å². The highest BCUT2D eigenvalue weighted by Crippen LogP contribution is 2.26. The summed E-state index contributed by atoms with van der Waals surface area (Å²) in [5.74, 6) is -0.610. The minimum atomic E-state index is -0.774. The first-order chi connectivity index (χ1) is 8.18. The Morgan fingerprint density at radius 1 is 1.47 bits per heavy atom. The fourth-order valence-corrected chi connectivity index (χ4v) is 2.41. The largest absolute Gasteiger partial charge is 0.481 e. The molecule has 1 heterocycles. The van der Waals surface area contributed by atoms with Crippen LogP contribution in [0.4, 0.5) is 0 Å². The summed E-state index contributed by atoms with van der Waals surface area (Å²) in [7, 11) is 0. The van der Waals surface area contributed by atoms with E-state index in [1.807, 2.05) is 24.3 Å². The molecule has 1 atom stereocenters. The van der Waals surface area contributed by atoms with Crippen molar-refractivity contribution in [1.82, 2.24) is 10.2 Å². The molecule has 0 saturated carbocycles. The van der Waals surface area contributed by atoms with Crippen molar-refractivity contribution in [3.05, 3.63) is 30.5 Å². The van der Waals surface area contributed by atoms with Crippen LogP contribution in [0, 0.1) is 5.92 Å². The molecule has 0 aliphatic carbocycles. The van der Waals surface area contributed by atoms with Crippen LogP contribution in [0.5, 0.6) is 0 Å². The Kier molecular flexibility index (Phi) is 3.58. The number of fused-ring (bicyclic) bond motifs is 1. The molecule has 1 N–H and O–H groups in total. The SMILES string of the molecule is CC(CSc1cnnc2ccccc12)C(=O)O. The summed E-state index contributed by atoms with van der Waals surface area (Å²) in [6.07, 6.45) is 1.68. The Bertz CT molecular complexity index is 540. The van der Waals surface area contributed by atoms with Crippen LogP contribution in [0.25, 0.3) is 10.9 Å². The number of thioether (sulfide) groups is 1. The Balaban J connectivity index is 2.21. The number of carboxylic acid groups (broad SMARTS) is 1. The van der Waals surface area contributed by atoms with Crippen LogP contribution in [-0.2, 0) is 4.79 Å². The van der Waals surface area contributed by atoms with Crippen molar-refractivity contribution < 1.29 is 9.90 Å². The fraction of sp³-hybridized carbons (Fsp3) is 0.250.